The zero-order valence-corrected chi connectivity index (χ0v) is 10.3. The van der Waals surface area contributed by atoms with Gasteiger partial charge < -0.3 is 4.57 Å². The molecular formula is C14H23N. The van der Waals surface area contributed by atoms with Crippen LogP contribution in [-0.2, 0) is 0 Å². The molecule has 2 rings (SSSR count). The lowest BCUT2D eigenvalue weighted by Gasteiger charge is -2.34. The number of hydrogen-bond donors (Lipinski definition) is 0. The fourth-order valence-electron chi connectivity index (χ4n) is 3.21. The van der Waals surface area contributed by atoms with Gasteiger partial charge in [0.2, 0.25) is 0 Å². The van der Waals surface area contributed by atoms with Gasteiger partial charge in [0.1, 0.15) is 0 Å². The minimum absolute atomic E-state index is 0.777. The van der Waals surface area contributed by atoms with Gasteiger partial charge in [-0.25, -0.2) is 0 Å². The van der Waals surface area contributed by atoms with Crippen molar-refractivity contribution in [3.05, 3.63) is 23.5 Å². The van der Waals surface area contributed by atoms with E-state index in [1.165, 1.54) is 43.5 Å². The van der Waals surface area contributed by atoms with Crippen LogP contribution in [0, 0.1) is 19.8 Å². The fraction of sp³-hybridized carbons (Fsp3) is 0.714. The molecule has 2 unspecified atom stereocenters. The lowest BCUT2D eigenvalue weighted by atomic mass is 9.82. The molecule has 0 aliphatic heterocycles. The zero-order chi connectivity index (χ0) is 10.8. The second kappa shape index (κ2) is 4.42. The molecule has 15 heavy (non-hydrogen) atoms. The van der Waals surface area contributed by atoms with Crippen LogP contribution in [0.1, 0.15) is 56.5 Å². The largest absolute Gasteiger partial charge is 0.346 e. The highest BCUT2D eigenvalue weighted by Crippen LogP contribution is 2.37. The summed E-state index contributed by atoms with van der Waals surface area (Å²) in [5.41, 5.74) is 2.88. The Kier molecular flexibility index (Phi) is 3.18. The van der Waals surface area contributed by atoms with E-state index in [-0.39, 0.29) is 0 Å². The van der Waals surface area contributed by atoms with Gasteiger partial charge in [-0.15, -0.1) is 0 Å². The molecule has 0 bridgehead atoms. The lowest BCUT2D eigenvalue weighted by molar-refractivity contribution is 0.228. The van der Waals surface area contributed by atoms with Crippen molar-refractivity contribution in [1.82, 2.24) is 4.57 Å². The SMILES string of the molecule is CCC1CCCCC1n1c(C)ccc1C. The second-order valence-corrected chi connectivity index (χ2v) is 5.01. The molecule has 0 saturated heterocycles. The Hall–Kier alpha value is -0.720. The molecule has 0 N–H and O–H groups in total. The van der Waals surface area contributed by atoms with Crippen LogP contribution in [0.5, 0.6) is 0 Å². The van der Waals surface area contributed by atoms with Crippen molar-refractivity contribution in [2.24, 2.45) is 5.92 Å². The van der Waals surface area contributed by atoms with Crippen molar-refractivity contribution in [2.75, 3.05) is 0 Å². The van der Waals surface area contributed by atoms with Crippen LogP contribution in [0.3, 0.4) is 0 Å². The lowest BCUT2D eigenvalue weighted by Crippen LogP contribution is -2.24. The van der Waals surface area contributed by atoms with E-state index in [2.05, 4.69) is 37.5 Å². The Labute approximate surface area is 93.5 Å². The van der Waals surface area contributed by atoms with Crippen LogP contribution in [0.15, 0.2) is 12.1 Å². The van der Waals surface area contributed by atoms with Gasteiger partial charge in [0.25, 0.3) is 0 Å². The first-order valence-corrected chi connectivity index (χ1v) is 6.38. The van der Waals surface area contributed by atoms with E-state index >= 15 is 0 Å². The Balaban J connectivity index is 2.27. The maximum atomic E-state index is 2.58. The summed E-state index contributed by atoms with van der Waals surface area (Å²) in [6.07, 6.45) is 7.00. The molecule has 1 aromatic heterocycles. The minimum Gasteiger partial charge on any atom is -0.346 e. The van der Waals surface area contributed by atoms with Crippen LogP contribution >= 0.6 is 0 Å². The van der Waals surface area contributed by atoms with E-state index in [1.807, 2.05) is 0 Å². The van der Waals surface area contributed by atoms with Gasteiger partial charge in [0, 0.05) is 17.4 Å². The summed E-state index contributed by atoms with van der Waals surface area (Å²) < 4.78 is 2.58. The van der Waals surface area contributed by atoms with Crippen molar-refractivity contribution >= 4 is 0 Å². The molecular weight excluding hydrogens is 182 g/mol. The summed E-state index contributed by atoms with van der Waals surface area (Å²) in [5.74, 6) is 0.906. The van der Waals surface area contributed by atoms with Crippen molar-refractivity contribution in [2.45, 2.75) is 58.9 Å². The van der Waals surface area contributed by atoms with E-state index in [0.717, 1.165) is 12.0 Å². The molecule has 1 heteroatoms. The fourth-order valence-corrected chi connectivity index (χ4v) is 3.21. The van der Waals surface area contributed by atoms with Crippen LogP contribution < -0.4 is 0 Å². The summed E-state index contributed by atoms with van der Waals surface area (Å²) in [4.78, 5) is 0. The Morgan fingerprint density at radius 2 is 1.73 bits per heavy atom. The monoisotopic (exact) mass is 205 g/mol. The molecule has 1 fully saturated rings. The highest BCUT2D eigenvalue weighted by Gasteiger charge is 2.26. The molecule has 1 aliphatic rings. The zero-order valence-electron chi connectivity index (χ0n) is 10.3. The molecule has 1 aromatic rings. The Bertz CT molecular complexity index is 305. The van der Waals surface area contributed by atoms with Crippen molar-refractivity contribution in [1.29, 1.82) is 0 Å². The first-order chi connectivity index (χ1) is 7.24. The first kappa shape index (κ1) is 10.8. The summed E-state index contributed by atoms with van der Waals surface area (Å²) in [6.45, 7) is 6.83. The minimum atomic E-state index is 0.777. The third-order valence-electron chi connectivity index (χ3n) is 4.05. The van der Waals surface area contributed by atoms with Gasteiger partial charge in [-0.3, -0.25) is 0 Å². The van der Waals surface area contributed by atoms with Crippen LogP contribution in [0.4, 0.5) is 0 Å². The topological polar surface area (TPSA) is 4.93 Å². The standard InChI is InChI=1S/C14H23N/c1-4-13-7-5-6-8-14(13)15-11(2)9-10-12(15)3/h9-10,13-14H,4-8H2,1-3H3. The van der Waals surface area contributed by atoms with Crippen LogP contribution in [0.2, 0.25) is 0 Å². The van der Waals surface area contributed by atoms with Gasteiger partial charge in [-0.05, 0) is 44.7 Å². The van der Waals surface area contributed by atoms with Gasteiger partial charge in [-0.2, -0.15) is 0 Å². The first-order valence-electron chi connectivity index (χ1n) is 6.38. The van der Waals surface area contributed by atoms with Crippen LogP contribution in [0.25, 0.3) is 0 Å². The molecule has 1 saturated carbocycles. The van der Waals surface area contributed by atoms with Gasteiger partial charge in [-0.1, -0.05) is 26.2 Å². The van der Waals surface area contributed by atoms with E-state index in [9.17, 15) is 0 Å². The third-order valence-corrected chi connectivity index (χ3v) is 4.05. The summed E-state index contributed by atoms with van der Waals surface area (Å²) in [7, 11) is 0. The van der Waals surface area contributed by atoms with Gasteiger partial charge in [0.15, 0.2) is 0 Å². The second-order valence-electron chi connectivity index (χ2n) is 5.01. The predicted octanol–water partition coefficient (Wildman–Crippen LogP) is 4.25. The molecule has 2 atom stereocenters. The smallest absolute Gasteiger partial charge is 0.0363 e. The number of nitrogens with zero attached hydrogens (tertiary/aromatic N) is 1. The highest BCUT2D eigenvalue weighted by molar-refractivity contribution is 5.15. The number of hydrogen-bond acceptors (Lipinski definition) is 0. The van der Waals surface area contributed by atoms with Crippen LogP contribution in [-0.4, -0.2) is 4.57 Å². The Morgan fingerprint density at radius 3 is 2.33 bits per heavy atom. The van der Waals surface area contributed by atoms with E-state index < -0.39 is 0 Å². The summed E-state index contributed by atoms with van der Waals surface area (Å²) in [6, 6.07) is 5.30. The molecule has 0 aromatic carbocycles. The van der Waals surface area contributed by atoms with Crippen molar-refractivity contribution < 1.29 is 0 Å². The number of aryl methyl sites for hydroxylation is 2. The Morgan fingerprint density at radius 1 is 1.13 bits per heavy atom. The molecule has 0 amide bonds. The van der Waals surface area contributed by atoms with E-state index in [0.29, 0.717) is 0 Å². The van der Waals surface area contributed by atoms with Gasteiger partial charge >= 0.3 is 0 Å². The number of rotatable bonds is 2. The molecule has 84 valence electrons. The molecule has 1 nitrogen and oxygen atoms in total. The normalized spacial score (nSPS) is 26.9. The molecule has 0 radical (unpaired) electrons. The quantitative estimate of drug-likeness (QED) is 0.680. The highest BCUT2D eigenvalue weighted by atomic mass is 15.0. The van der Waals surface area contributed by atoms with Gasteiger partial charge in [0.05, 0.1) is 0 Å². The van der Waals surface area contributed by atoms with Crippen molar-refractivity contribution in [3.63, 3.8) is 0 Å². The third kappa shape index (κ3) is 1.97. The van der Waals surface area contributed by atoms with E-state index in [4.69, 9.17) is 0 Å². The number of aromatic nitrogens is 1. The van der Waals surface area contributed by atoms with E-state index in [1.54, 1.807) is 0 Å². The average Bonchev–Trinajstić information content (AvgIpc) is 2.59. The predicted molar refractivity (Wildman–Crippen MR) is 65.2 cm³/mol. The van der Waals surface area contributed by atoms with Crippen molar-refractivity contribution in [3.8, 4) is 0 Å². The maximum Gasteiger partial charge on any atom is 0.0363 e. The molecule has 1 aliphatic carbocycles. The summed E-state index contributed by atoms with van der Waals surface area (Å²) in [5, 5.41) is 0. The average molecular weight is 205 g/mol. The maximum absolute atomic E-state index is 2.58. The summed E-state index contributed by atoms with van der Waals surface area (Å²) >= 11 is 0. The molecule has 1 heterocycles. The molecule has 0 spiro atoms.